The normalized spacial score (nSPS) is 59.1. The van der Waals surface area contributed by atoms with Gasteiger partial charge in [0.15, 0.2) is 0 Å². The lowest BCUT2D eigenvalue weighted by Crippen LogP contribution is -2.20. The van der Waals surface area contributed by atoms with E-state index in [2.05, 4.69) is 6.92 Å². The second-order valence-electron chi connectivity index (χ2n) is 5.23. The van der Waals surface area contributed by atoms with Crippen molar-refractivity contribution in [2.45, 2.75) is 32.6 Å². The highest BCUT2D eigenvalue weighted by molar-refractivity contribution is 5.49. The van der Waals surface area contributed by atoms with E-state index in [-0.39, 0.29) is 0 Å². The largest absolute Gasteiger partial charge is 0.303 e. The molecule has 2 unspecified atom stereocenters. The molecule has 66 valence electrons. The van der Waals surface area contributed by atoms with Gasteiger partial charge in [-0.25, -0.2) is 0 Å². The lowest BCUT2D eigenvalue weighted by atomic mass is 9.77. The van der Waals surface area contributed by atoms with Gasteiger partial charge in [-0.05, 0) is 48.3 Å². The molecule has 0 N–H and O–H groups in total. The molecule has 1 nitrogen and oxygen atoms in total. The first-order valence-electron chi connectivity index (χ1n) is 5.21. The average Bonchev–Trinajstić information content (AvgIpc) is 2.46. The standard InChI is InChI=1S/C11H16O/c1-11(3-2-4-12)7-5-8-9(6-7)10(8)11/h4,7-10H,2-3,5-6H2,1H3/t7?,8-,9+,10?,11-/m0/s1. The molecule has 0 aromatic rings. The molecule has 4 rings (SSSR count). The lowest BCUT2D eigenvalue weighted by molar-refractivity contribution is -0.108. The first-order valence-corrected chi connectivity index (χ1v) is 5.21. The number of aldehydes is 1. The van der Waals surface area contributed by atoms with Crippen molar-refractivity contribution >= 4 is 6.29 Å². The van der Waals surface area contributed by atoms with Gasteiger partial charge in [0.2, 0.25) is 0 Å². The summed E-state index contributed by atoms with van der Waals surface area (Å²) >= 11 is 0. The van der Waals surface area contributed by atoms with Crippen LogP contribution >= 0.6 is 0 Å². The molecule has 4 saturated carbocycles. The minimum absolute atomic E-state index is 0.580. The monoisotopic (exact) mass is 164 g/mol. The van der Waals surface area contributed by atoms with E-state index in [1.807, 2.05) is 0 Å². The highest BCUT2D eigenvalue weighted by Gasteiger charge is 2.72. The minimum atomic E-state index is 0.580. The molecule has 12 heavy (non-hydrogen) atoms. The highest BCUT2D eigenvalue weighted by atomic mass is 16.1. The Hall–Kier alpha value is -0.330. The summed E-state index contributed by atoms with van der Waals surface area (Å²) in [4.78, 5) is 10.3. The first-order chi connectivity index (χ1) is 5.77. The molecule has 4 aliphatic rings. The van der Waals surface area contributed by atoms with Gasteiger partial charge in [0, 0.05) is 6.42 Å². The second-order valence-corrected chi connectivity index (χ2v) is 5.23. The van der Waals surface area contributed by atoms with Crippen molar-refractivity contribution < 1.29 is 4.79 Å². The highest BCUT2D eigenvalue weighted by Crippen LogP contribution is 2.79. The molecule has 1 heteroatoms. The molecule has 0 aromatic carbocycles. The van der Waals surface area contributed by atoms with Crippen molar-refractivity contribution in [3.8, 4) is 0 Å². The quantitative estimate of drug-likeness (QED) is 0.585. The van der Waals surface area contributed by atoms with Crippen molar-refractivity contribution in [3.05, 3.63) is 0 Å². The second kappa shape index (κ2) is 1.94. The first kappa shape index (κ1) is 7.11. The predicted molar refractivity (Wildman–Crippen MR) is 46.6 cm³/mol. The zero-order valence-corrected chi connectivity index (χ0v) is 7.62. The van der Waals surface area contributed by atoms with Crippen LogP contribution in [-0.4, -0.2) is 6.29 Å². The third-order valence-electron chi connectivity index (χ3n) is 4.94. The topological polar surface area (TPSA) is 17.1 Å². The van der Waals surface area contributed by atoms with E-state index >= 15 is 0 Å². The van der Waals surface area contributed by atoms with E-state index in [1.165, 1.54) is 19.3 Å². The van der Waals surface area contributed by atoms with Gasteiger partial charge in [0.1, 0.15) is 6.29 Å². The smallest absolute Gasteiger partial charge is 0.120 e. The zero-order valence-electron chi connectivity index (χ0n) is 7.62. The lowest BCUT2D eigenvalue weighted by Gasteiger charge is -2.27. The Morgan fingerprint density at radius 1 is 1.42 bits per heavy atom. The van der Waals surface area contributed by atoms with Gasteiger partial charge >= 0.3 is 0 Å². The van der Waals surface area contributed by atoms with Crippen molar-refractivity contribution in [1.29, 1.82) is 0 Å². The van der Waals surface area contributed by atoms with Gasteiger partial charge < -0.3 is 4.79 Å². The van der Waals surface area contributed by atoms with E-state index in [4.69, 9.17) is 0 Å². The summed E-state index contributed by atoms with van der Waals surface area (Å²) in [5.74, 6) is 4.19. The van der Waals surface area contributed by atoms with Gasteiger partial charge in [-0.2, -0.15) is 0 Å². The molecule has 4 aliphatic carbocycles. The van der Waals surface area contributed by atoms with E-state index in [0.717, 1.165) is 36.4 Å². The van der Waals surface area contributed by atoms with Gasteiger partial charge in [-0.3, -0.25) is 0 Å². The van der Waals surface area contributed by atoms with Crippen molar-refractivity contribution in [3.63, 3.8) is 0 Å². The fraction of sp³-hybridized carbons (Fsp3) is 0.909. The Morgan fingerprint density at radius 3 is 2.50 bits per heavy atom. The molecule has 4 bridgehead atoms. The molecule has 0 spiro atoms. The Balaban J connectivity index is 1.79. The molecule has 0 saturated heterocycles. The Kier molecular flexibility index (Phi) is 1.15. The molecular weight excluding hydrogens is 148 g/mol. The molecule has 0 radical (unpaired) electrons. The van der Waals surface area contributed by atoms with Crippen molar-refractivity contribution in [2.24, 2.45) is 29.1 Å². The van der Waals surface area contributed by atoms with Crippen LogP contribution in [0.2, 0.25) is 0 Å². The van der Waals surface area contributed by atoms with Crippen LogP contribution < -0.4 is 0 Å². The summed E-state index contributed by atoms with van der Waals surface area (Å²) < 4.78 is 0. The van der Waals surface area contributed by atoms with Crippen molar-refractivity contribution in [1.82, 2.24) is 0 Å². The van der Waals surface area contributed by atoms with E-state index in [0.29, 0.717) is 5.41 Å². The van der Waals surface area contributed by atoms with Crippen LogP contribution in [-0.2, 0) is 4.79 Å². The van der Waals surface area contributed by atoms with Crippen LogP contribution in [0.4, 0.5) is 0 Å². The zero-order chi connectivity index (χ0) is 8.34. The van der Waals surface area contributed by atoms with E-state index in [9.17, 15) is 4.79 Å². The predicted octanol–water partition coefficient (Wildman–Crippen LogP) is 2.26. The number of rotatable bonds is 3. The number of hydrogen-bond acceptors (Lipinski definition) is 1. The maximum Gasteiger partial charge on any atom is 0.120 e. The summed E-state index contributed by atoms with van der Waals surface area (Å²) in [5.41, 5.74) is 0.580. The Bertz CT molecular complexity index is 219. The van der Waals surface area contributed by atoms with Crippen LogP contribution in [0.1, 0.15) is 32.6 Å². The molecule has 0 heterocycles. The molecular formula is C11H16O. The number of carbonyl (C=O) groups excluding carboxylic acids is 1. The van der Waals surface area contributed by atoms with Gasteiger partial charge in [-0.1, -0.05) is 6.92 Å². The third kappa shape index (κ3) is 0.605. The summed E-state index contributed by atoms with van der Waals surface area (Å²) in [6.07, 6.45) is 6.04. The fourth-order valence-electron chi connectivity index (χ4n) is 4.37. The van der Waals surface area contributed by atoms with Gasteiger partial charge in [-0.15, -0.1) is 0 Å². The van der Waals surface area contributed by atoms with Gasteiger partial charge in [0.25, 0.3) is 0 Å². The number of hydrogen-bond donors (Lipinski definition) is 0. The molecule has 0 aromatic heterocycles. The average molecular weight is 164 g/mol. The van der Waals surface area contributed by atoms with Crippen LogP contribution in [0.3, 0.4) is 0 Å². The van der Waals surface area contributed by atoms with Crippen LogP contribution in [0.25, 0.3) is 0 Å². The van der Waals surface area contributed by atoms with Crippen LogP contribution in [0.5, 0.6) is 0 Å². The van der Waals surface area contributed by atoms with E-state index in [1.54, 1.807) is 0 Å². The molecule has 4 fully saturated rings. The maximum atomic E-state index is 10.3. The SMILES string of the molecule is C[C@]1(CCC=O)C2C[C@@H]3C1[C@@H]3C2. The maximum absolute atomic E-state index is 10.3. The van der Waals surface area contributed by atoms with Crippen LogP contribution in [0.15, 0.2) is 0 Å². The Labute approximate surface area is 73.5 Å². The van der Waals surface area contributed by atoms with Crippen molar-refractivity contribution in [2.75, 3.05) is 0 Å². The summed E-state index contributed by atoms with van der Waals surface area (Å²) in [7, 11) is 0. The minimum Gasteiger partial charge on any atom is -0.303 e. The van der Waals surface area contributed by atoms with E-state index < -0.39 is 0 Å². The van der Waals surface area contributed by atoms with Gasteiger partial charge in [0.05, 0.1) is 0 Å². The fourth-order valence-corrected chi connectivity index (χ4v) is 4.37. The summed E-state index contributed by atoms with van der Waals surface area (Å²) in [6.45, 7) is 2.43. The molecule has 5 atom stereocenters. The summed E-state index contributed by atoms with van der Waals surface area (Å²) in [6, 6.07) is 0. The third-order valence-corrected chi connectivity index (χ3v) is 4.94. The van der Waals surface area contributed by atoms with Crippen LogP contribution in [0, 0.1) is 29.1 Å². The molecule has 0 aliphatic heterocycles. The Morgan fingerprint density at radius 2 is 2.08 bits per heavy atom. The molecule has 0 amide bonds. The summed E-state index contributed by atoms with van der Waals surface area (Å²) in [5, 5.41) is 0. The number of carbonyl (C=O) groups is 1.